The molecule has 0 fully saturated rings. The fraction of sp³-hybridized carbons (Fsp3) is 0.929. The van der Waals surface area contributed by atoms with Crippen LogP contribution in [0.2, 0.25) is 0 Å². The maximum Gasteiger partial charge on any atom is 0.276 e. The molecule has 122 valence electrons. The zero-order chi connectivity index (χ0) is 15.6. The van der Waals surface area contributed by atoms with Crippen LogP contribution in [0.15, 0.2) is 0 Å². The van der Waals surface area contributed by atoms with Crippen LogP contribution in [0.4, 0.5) is 0 Å². The van der Waals surface area contributed by atoms with Gasteiger partial charge in [0.05, 0.1) is 11.5 Å². The first-order chi connectivity index (χ1) is 9.34. The zero-order valence-electron chi connectivity index (χ0n) is 13.3. The number of carbonyl (C=O) groups is 1. The monoisotopic (exact) mass is 326 g/mol. The van der Waals surface area contributed by atoms with E-state index in [1.165, 1.54) is 0 Å². The lowest BCUT2D eigenvalue weighted by Gasteiger charge is -2.35. The predicted molar refractivity (Wildman–Crippen MR) is 87.9 cm³/mol. The quantitative estimate of drug-likeness (QED) is 0.549. The van der Waals surface area contributed by atoms with Crippen LogP contribution in [0.1, 0.15) is 59.8 Å². The minimum absolute atomic E-state index is 0.0569. The van der Waals surface area contributed by atoms with Crippen LogP contribution in [0, 0.1) is 0 Å². The number of hydrogen-bond donors (Lipinski definition) is 0. The van der Waals surface area contributed by atoms with Crippen molar-refractivity contribution >= 4 is 26.2 Å². The first kappa shape index (κ1) is 19.9. The van der Waals surface area contributed by atoms with Crippen molar-refractivity contribution in [1.29, 1.82) is 0 Å². The minimum Gasteiger partial charge on any atom is -0.299 e. The second kappa shape index (κ2) is 9.79. The predicted octanol–water partition coefficient (Wildman–Crippen LogP) is 3.65. The minimum atomic E-state index is -3.51. The standard InChI is InChI=1S/C14H30O4S2/c1-5-9-11-14(15)13-19(7-3,8-4)18-20(16,17)12-10-6-2/h5-13H2,1-4H3. The van der Waals surface area contributed by atoms with E-state index in [0.717, 1.165) is 19.3 Å². The highest BCUT2D eigenvalue weighted by molar-refractivity contribution is 8.33. The molecule has 20 heavy (non-hydrogen) atoms. The Kier molecular flexibility index (Phi) is 9.76. The van der Waals surface area contributed by atoms with Crippen molar-refractivity contribution in [2.75, 3.05) is 23.0 Å². The molecule has 0 aromatic carbocycles. The Balaban J connectivity index is 4.79. The van der Waals surface area contributed by atoms with Crippen LogP contribution in [0.25, 0.3) is 0 Å². The summed E-state index contributed by atoms with van der Waals surface area (Å²) in [6.45, 7) is 7.82. The molecule has 0 heterocycles. The Morgan fingerprint density at radius 2 is 1.50 bits per heavy atom. The van der Waals surface area contributed by atoms with E-state index in [-0.39, 0.29) is 17.3 Å². The average Bonchev–Trinajstić information content (AvgIpc) is 2.42. The zero-order valence-corrected chi connectivity index (χ0v) is 14.9. The molecule has 0 saturated heterocycles. The summed E-state index contributed by atoms with van der Waals surface area (Å²) in [5.41, 5.74) is 0. The van der Waals surface area contributed by atoms with Crippen molar-refractivity contribution in [3.8, 4) is 0 Å². The Morgan fingerprint density at radius 1 is 0.950 bits per heavy atom. The molecule has 0 aromatic rings. The number of ketones is 1. The van der Waals surface area contributed by atoms with Gasteiger partial charge in [-0.1, -0.05) is 40.5 Å². The molecule has 0 aliphatic rings. The molecule has 0 aromatic heterocycles. The summed E-state index contributed by atoms with van der Waals surface area (Å²) in [6.07, 6.45) is 3.80. The summed E-state index contributed by atoms with van der Waals surface area (Å²) in [7, 11) is -5.33. The van der Waals surface area contributed by atoms with E-state index < -0.39 is 20.4 Å². The summed E-state index contributed by atoms with van der Waals surface area (Å²) in [4.78, 5) is 12.0. The van der Waals surface area contributed by atoms with Crippen LogP contribution < -0.4 is 0 Å². The van der Waals surface area contributed by atoms with Gasteiger partial charge in [0.2, 0.25) is 0 Å². The van der Waals surface area contributed by atoms with Crippen molar-refractivity contribution in [1.82, 2.24) is 0 Å². The van der Waals surface area contributed by atoms with Crippen molar-refractivity contribution in [2.24, 2.45) is 0 Å². The molecule has 0 unspecified atom stereocenters. The molecule has 0 N–H and O–H groups in total. The van der Waals surface area contributed by atoms with Crippen molar-refractivity contribution in [2.45, 2.75) is 59.8 Å². The molecule has 0 amide bonds. The third-order valence-electron chi connectivity index (χ3n) is 3.28. The number of rotatable bonds is 12. The van der Waals surface area contributed by atoms with Crippen LogP contribution >= 0.6 is 10.3 Å². The lowest BCUT2D eigenvalue weighted by Crippen LogP contribution is -2.24. The lowest BCUT2D eigenvalue weighted by molar-refractivity contribution is -0.116. The van der Waals surface area contributed by atoms with E-state index in [2.05, 4.69) is 0 Å². The molecule has 0 spiro atoms. The maximum atomic E-state index is 12.0. The normalized spacial score (nSPS) is 13.4. The Bertz CT molecular complexity index is 373. The van der Waals surface area contributed by atoms with Gasteiger partial charge in [-0.25, -0.2) is 3.63 Å². The first-order valence-corrected chi connectivity index (χ1v) is 11.2. The fourth-order valence-corrected chi connectivity index (χ4v) is 7.03. The van der Waals surface area contributed by atoms with E-state index in [0.29, 0.717) is 24.3 Å². The van der Waals surface area contributed by atoms with Gasteiger partial charge in [0.1, 0.15) is 5.78 Å². The number of hydrogen-bond acceptors (Lipinski definition) is 4. The SMILES string of the molecule is CCCCC(=O)CS(CC)(CC)OS(=O)(=O)CCCC. The molecular weight excluding hydrogens is 296 g/mol. The second-order valence-corrected chi connectivity index (χ2v) is 10.5. The van der Waals surface area contributed by atoms with Gasteiger partial charge in [-0.15, -0.1) is 10.3 Å². The van der Waals surface area contributed by atoms with E-state index >= 15 is 0 Å². The van der Waals surface area contributed by atoms with E-state index in [4.69, 9.17) is 3.63 Å². The molecule has 4 nitrogen and oxygen atoms in total. The van der Waals surface area contributed by atoms with Gasteiger partial charge in [0, 0.05) is 6.42 Å². The van der Waals surface area contributed by atoms with Gasteiger partial charge < -0.3 is 0 Å². The molecule has 0 bridgehead atoms. The molecule has 0 aliphatic carbocycles. The summed E-state index contributed by atoms with van der Waals surface area (Å²) in [5.74, 6) is 1.71. The van der Waals surface area contributed by atoms with Gasteiger partial charge >= 0.3 is 0 Å². The topological polar surface area (TPSA) is 60.4 Å². The maximum absolute atomic E-state index is 12.0. The largest absolute Gasteiger partial charge is 0.299 e. The lowest BCUT2D eigenvalue weighted by atomic mass is 10.2. The number of unbranched alkanes of at least 4 members (excludes halogenated alkanes) is 2. The highest BCUT2D eigenvalue weighted by atomic mass is 32.3. The van der Waals surface area contributed by atoms with Crippen molar-refractivity contribution in [3.63, 3.8) is 0 Å². The fourth-order valence-electron chi connectivity index (χ4n) is 1.84. The highest BCUT2D eigenvalue weighted by Gasteiger charge is 2.30. The van der Waals surface area contributed by atoms with E-state index in [9.17, 15) is 13.2 Å². The summed E-state index contributed by atoms with van der Waals surface area (Å²) < 4.78 is 29.5. The van der Waals surface area contributed by atoms with Crippen LogP contribution in [-0.2, 0) is 18.5 Å². The van der Waals surface area contributed by atoms with E-state index in [1.54, 1.807) is 0 Å². The van der Waals surface area contributed by atoms with Gasteiger partial charge in [-0.3, -0.25) is 4.79 Å². The Hall–Kier alpha value is -0.0700. The summed E-state index contributed by atoms with van der Waals surface area (Å²) in [5, 5.41) is 0. The smallest absolute Gasteiger partial charge is 0.276 e. The van der Waals surface area contributed by atoms with Gasteiger partial charge in [-0.2, -0.15) is 8.42 Å². The van der Waals surface area contributed by atoms with Crippen molar-refractivity contribution in [3.05, 3.63) is 0 Å². The van der Waals surface area contributed by atoms with Gasteiger partial charge in [-0.05, 0) is 24.3 Å². The van der Waals surface area contributed by atoms with Crippen LogP contribution in [0.3, 0.4) is 0 Å². The third-order valence-corrected chi connectivity index (χ3v) is 9.01. The highest BCUT2D eigenvalue weighted by Crippen LogP contribution is 2.50. The van der Waals surface area contributed by atoms with Crippen LogP contribution in [0.5, 0.6) is 0 Å². The molecule has 0 rings (SSSR count). The van der Waals surface area contributed by atoms with Crippen LogP contribution in [-0.4, -0.2) is 37.2 Å². The molecule has 0 saturated carbocycles. The third kappa shape index (κ3) is 7.64. The average molecular weight is 327 g/mol. The summed E-state index contributed by atoms with van der Waals surface area (Å²) >= 11 is 0. The molecule has 0 atom stereocenters. The van der Waals surface area contributed by atoms with Crippen molar-refractivity contribution < 1.29 is 16.8 Å². The number of carbonyl (C=O) groups excluding carboxylic acids is 1. The van der Waals surface area contributed by atoms with Gasteiger partial charge in [0.15, 0.2) is 0 Å². The molecular formula is C14H30O4S2. The second-order valence-electron chi connectivity index (χ2n) is 5.01. The molecule has 0 radical (unpaired) electrons. The first-order valence-electron chi connectivity index (χ1n) is 7.56. The summed E-state index contributed by atoms with van der Waals surface area (Å²) in [6, 6.07) is 0. The van der Waals surface area contributed by atoms with E-state index in [1.807, 2.05) is 27.7 Å². The molecule has 6 heteroatoms. The number of Topliss-reactive ketones (excluding diaryl/α,β-unsaturated/α-hetero) is 1. The molecule has 0 aliphatic heterocycles. The Morgan fingerprint density at radius 3 is 1.95 bits per heavy atom. The van der Waals surface area contributed by atoms with Gasteiger partial charge in [0.25, 0.3) is 10.1 Å². The Labute approximate surface area is 126 Å².